The van der Waals surface area contributed by atoms with Crippen LogP contribution in [0.1, 0.15) is 33.6 Å². The number of carboxylic acid groups (broad SMARTS) is 1. The van der Waals surface area contributed by atoms with Crippen LogP contribution in [0, 0.1) is 0 Å². The average molecular weight is 312 g/mol. The van der Waals surface area contributed by atoms with Gasteiger partial charge in [0, 0.05) is 16.7 Å². The second kappa shape index (κ2) is 12.4. The molecule has 0 aliphatic carbocycles. The average Bonchev–Trinajstić information content (AvgIpc) is 2.42. The van der Waals surface area contributed by atoms with Gasteiger partial charge in [0.1, 0.15) is 0 Å². The Hall–Kier alpha value is -2.37. The first kappa shape index (κ1) is 21.9. The zero-order chi connectivity index (χ0) is 17.7. The van der Waals surface area contributed by atoms with Crippen LogP contribution < -0.4 is 0 Å². The summed E-state index contributed by atoms with van der Waals surface area (Å²) in [6.45, 7) is 15.3. The highest BCUT2D eigenvalue weighted by Gasteiger charge is 2.04. The molecule has 0 saturated carbocycles. The summed E-state index contributed by atoms with van der Waals surface area (Å²) in [4.78, 5) is 31.5. The van der Waals surface area contributed by atoms with E-state index in [-0.39, 0.29) is 17.5 Å². The molecule has 6 heteroatoms. The Labute approximate surface area is 131 Å². The van der Waals surface area contributed by atoms with Crippen molar-refractivity contribution < 1.29 is 29.0 Å². The lowest BCUT2D eigenvalue weighted by atomic mass is 10.3. The van der Waals surface area contributed by atoms with E-state index < -0.39 is 5.97 Å². The molecule has 0 saturated heterocycles. The molecule has 6 nitrogen and oxygen atoms in total. The van der Waals surface area contributed by atoms with Crippen molar-refractivity contribution in [2.45, 2.75) is 33.6 Å². The molecule has 0 rings (SSSR count). The Balaban J connectivity index is 0. The van der Waals surface area contributed by atoms with Crippen LogP contribution in [0.15, 0.2) is 36.5 Å². The lowest BCUT2D eigenvalue weighted by Crippen LogP contribution is -2.09. The van der Waals surface area contributed by atoms with Gasteiger partial charge in [0.2, 0.25) is 0 Å². The number of hydrogen-bond acceptors (Lipinski definition) is 5. The van der Waals surface area contributed by atoms with Crippen molar-refractivity contribution in [1.29, 1.82) is 0 Å². The van der Waals surface area contributed by atoms with Crippen LogP contribution in [0.4, 0.5) is 0 Å². The van der Waals surface area contributed by atoms with Gasteiger partial charge in [-0.1, -0.05) is 19.7 Å². The normalized spacial score (nSPS) is 8.86. The molecule has 22 heavy (non-hydrogen) atoms. The van der Waals surface area contributed by atoms with Gasteiger partial charge in [-0.3, -0.25) is 0 Å². The van der Waals surface area contributed by atoms with Gasteiger partial charge in [-0.15, -0.1) is 0 Å². The van der Waals surface area contributed by atoms with Crippen LogP contribution in [0.25, 0.3) is 0 Å². The molecule has 1 N–H and O–H groups in total. The SMILES string of the molecule is C=C(C)C(=O)O.C=C(C)C(=O)OCCCCOC(=O)C(=C)C. The summed E-state index contributed by atoms with van der Waals surface area (Å²) in [6.07, 6.45) is 1.31. The Morgan fingerprint density at radius 1 is 0.773 bits per heavy atom. The molecule has 0 spiro atoms. The van der Waals surface area contributed by atoms with Gasteiger partial charge < -0.3 is 14.6 Å². The fourth-order valence-electron chi connectivity index (χ4n) is 0.780. The lowest BCUT2D eigenvalue weighted by molar-refractivity contribution is -0.141. The first-order valence-electron chi connectivity index (χ1n) is 6.63. The van der Waals surface area contributed by atoms with Gasteiger partial charge in [0.25, 0.3) is 0 Å². The fraction of sp³-hybridized carbons (Fsp3) is 0.438. The summed E-state index contributed by atoms with van der Waals surface area (Å²) < 4.78 is 9.72. The number of carbonyl (C=O) groups is 3. The Bertz CT molecular complexity index is 406. The van der Waals surface area contributed by atoms with Gasteiger partial charge >= 0.3 is 17.9 Å². The number of unbranched alkanes of at least 4 members (excludes halogenated alkanes) is 1. The second-order valence-electron chi connectivity index (χ2n) is 4.63. The van der Waals surface area contributed by atoms with Crippen LogP contribution in [0.2, 0.25) is 0 Å². The molecule has 0 heterocycles. The number of carboxylic acids is 1. The van der Waals surface area contributed by atoms with Crippen molar-refractivity contribution in [3.05, 3.63) is 36.5 Å². The molecule has 0 atom stereocenters. The number of aliphatic carboxylic acids is 1. The maximum atomic E-state index is 11.0. The third-order valence-electron chi connectivity index (χ3n) is 2.07. The van der Waals surface area contributed by atoms with Gasteiger partial charge in [0.05, 0.1) is 13.2 Å². The molecule has 0 fully saturated rings. The molecule has 0 aliphatic heterocycles. The van der Waals surface area contributed by atoms with Crippen molar-refractivity contribution in [3.8, 4) is 0 Å². The summed E-state index contributed by atoms with van der Waals surface area (Å²) in [5, 5.41) is 7.89. The second-order valence-corrected chi connectivity index (χ2v) is 4.63. The van der Waals surface area contributed by atoms with Crippen LogP contribution >= 0.6 is 0 Å². The molecule has 0 aromatic carbocycles. The van der Waals surface area contributed by atoms with E-state index in [9.17, 15) is 14.4 Å². The predicted octanol–water partition coefficient (Wildman–Crippen LogP) is 2.65. The topological polar surface area (TPSA) is 89.9 Å². The van der Waals surface area contributed by atoms with E-state index in [1.54, 1.807) is 13.8 Å². The number of esters is 2. The molecule has 0 bridgehead atoms. The Morgan fingerprint density at radius 3 is 1.23 bits per heavy atom. The number of carbonyl (C=O) groups excluding carboxylic acids is 2. The van der Waals surface area contributed by atoms with Gasteiger partial charge in [0.15, 0.2) is 0 Å². The summed E-state index contributed by atoms with van der Waals surface area (Å²) >= 11 is 0. The molecule has 0 radical (unpaired) electrons. The highest BCUT2D eigenvalue weighted by molar-refractivity contribution is 5.87. The van der Waals surface area contributed by atoms with Crippen LogP contribution in [0.5, 0.6) is 0 Å². The summed E-state index contributed by atoms with van der Waals surface area (Å²) in [6, 6.07) is 0. The minimum Gasteiger partial charge on any atom is -0.478 e. The Kier molecular flexibility index (Phi) is 12.3. The van der Waals surface area contributed by atoms with Crippen LogP contribution in [0.3, 0.4) is 0 Å². The molecule has 124 valence electrons. The third kappa shape index (κ3) is 14.0. The molecule has 0 unspecified atom stereocenters. The van der Waals surface area contributed by atoms with Crippen molar-refractivity contribution in [3.63, 3.8) is 0 Å². The van der Waals surface area contributed by atoms with Crippen LogP contribution in [-0.4, -0.2) is 36.2 Å². The van der Waals surface area contributed by atoms with Crippen molar-refractivity contribution >= 4 is 17.9 Å². The minimum atomic E-state index is -0.935. The largest absolute Gasteiger partial charge is 0.478 e. The number of rotatable bonds is 8. The van der Waals surface area contributed by atoms with E-state index in [1.165, 1.54) is 6.92 Å². The predicted molar refractivity (Wildman–Crippen MR) is 83.2 cm³/mol. The van der Waals surface area contributed by atoms with Gasteiger partial charge in [-0.25, -0.2) is 14.4 Å². The van der Waals surface area contributed by atoms with E-state index in [2.05, 4.69) is 19.7 Å². The van der Waals surface area contributed by atoms with E-state index in [1.807, 2.05) is 0 Å². The smallest absolute Gasteiger partial charge is 0.333 e. The molecule has 0 aromatic rings. The molecule has 0 aromatic heterocycles. The first-order valence-corrected chi connectivity index (χ1v) is 6.63. The quantitative estimate of drug-likeness (QED) is 0.421. The third-order valence-corrected chi connectivity index (χ3v) is 2.07. The van der Waals surface area contributed by atoms with Crippen molar-refractivity contribution in [2.24, 2.45) is 0 Å². The highest BCUT2D eigenvalue weighted by atomic mass is 16.5. The minimum absolute atomic E-state index is 0.176. The first-order chi connectivity index (χ1) is 10.1. The maximum absolute atomic E-state index is 11.0. The summed E-state index contributed by atoms with van der Waals surface area (Å²) in [5.41, 5.74) is 0.942. The molecular formula is C16H24O6. The highest BCUT2D eigenvalue weighted by Crippen LogP contribution is 1.98. The number of ether oxygens (including phenoxy) is 2. The van der Waals surface area contributed by atoms with E-state index >= 15 is 0 Å². The van der Waals surface area contributed by atoms with E-state index in [0.717, 1.165) is 0 Å². The fourth-order valence-corrected chi connectivity index (χ4v) is 0.780. The van der Waals surface area contributed by atoms with E-state index in [0.29, 0.717) is 37.2 Å². The Morgan fingerprint density at radius 2 is 1.05 bits per heavy atom. The molecular weight excluding hydrogens is 288 g/mol. The molecule has 0 amide bonds. The van der Waals surface area contributed by atoms with Gasteiger partial charge in [-0.2, -0.15) is 0 Å². The standard InChI is InChI=1S/C12H18O4.C4H6O2/c1-9(2)11(13)15-7-5-6-8-16-12(14)10(3)4;1-3(2)4(5)6/h1,3,5-8H2,2,4H3;1H2,2H3,(H,5,6). The van der Waals surface area contributed by atoms with Crippen molar-refractivity contribution in [1.82, 2.24) is 0 Å². The zero-order valence-corrected chi connectivity index (χ0v) is 13.4. The summed E-state index contributed by atoms with van der Waals surface area (Å²) in [5.74, 6) is -1.71. The van der Waals surface area contributed by atoms with Crippen LogP contribution in [-0.2, 0) is 23.9 Å². The maximum Gasteiger partial charge on any atom is 0.333 e. The molecule has 0 aliphatic rings. The lowest BCUT2D eigenvalue weighted by Gasteiger charge is -2.05. The zero-order valence-electron chi connectivity index (χ0n) is 13.4. The van der Waals surface area contributed by atoms with Gasteiger partial charge in [-0.05, 0) is 33.6 Å². The van der Waals surface area contributed by atoms with E-state index in [4.69, 9.17) is 14.6 Å². The monoisotopic (exact) mass is 312 g/mol. The number of hydrogen-bond donors (Lipinski definition) is 1. The van der Waals surface area contributed by atoms with Crippen molar-refractivity contribution in [2.75, 3.05) is 13.2 Å². The summed E-state index contributed by atoms with van der Waals surface area (Å²) in [7, 11) is 0.